The summed E-state index contributed by atoms with van der Waals surface area (Å²) in [6, 6.07) is 15.2. The fourth-order valence-electron chi connectivity index (χ4n) is 3.57. The molecule has 0 spiro atoms. The van der Waals surface area contributed by atoms with Crippen molar-refractivity contribution in [2.75, 3.05) is 26.2 Å². The van der Waals surface area contributed by atoms with Crippen LogP contribution in [0.5, 0.6) is 0 Å². The summed E-state index contributed by atoms with van der Waals surface area (Å²) in [5.41, 5.74) is 3.56. The minimum Gasteiger partial charge on any atom is -0.393 e. The molecule has 31 heavy (non-hydrogen) atoms. The molecule has 0 aliphatic carbocycles. The molecule has 1 fully saturated rings. The molecule has 1 aliphatic heterocycles. The van der Waals surface area contributed by atoms with Crippen molar-refractivity contribution in [2.45, 2.75) is 45.4 Å². The summed E-state index contributed by atoms with van der Waals surface area (Å²) in [7, 11) is 0. The maximum atomic E-state index is 13.0. The Balaban J connectivity index is 0.00000341. The number of piperidine rings is 1. The molecular formula is C24H34FIN4O. The molecule has 1 aliphatic rings. The molecule has 5 nitrogen and oxygen atoms in total. The van der Waals surface area contributed by atoms with Gasteiger partial charge >= 0.3 is 0 Å². The molecule has 0 aromatic heterocycles. The van der Waals surface area contributed by atoms with E-state index >= 15 is 0 Å². The summed E-state index contributed by atoms with van der Waals surface area (Å²) >= 11 is 0. The molecule has 0 unspecified atom stereocenters. The first-order valence-corrected chi connectivity index (χ1v) is 10.9. The average Bonchev–Trinajstić information content (AvgIpc) is 2.76. The Morgan fingerprint density at radius 1 is 1.00 bits per heavy atom. The Morgan fingerprint density at radius 2 is 1.61 bits per heavy atom. The number of likely N-dealkylation sites (tertiary alicyclic amines) is 1. The van der Waals surface area contributed by atoms with E-state index in [0.29, 0.717) is 6.54 Å². The van der Waals surface area contributed by atoms with Crippen LogP contribution in [0.15, 0.2) is 53.5 Å². The van der Waals surface area contributed by atoms with Gasteiger partial charge in [0.2, 0.25) is 0 Å². The maximum absolute atomic E-state index is 13.0. The summed E-state index contributed by atoms with van der Waals surface area (Å²) < 4.78 is 13.0. The average molecular weight is 540 g/mol. The lowest BCUT2D eigenvalue weighted by Gasteiger charge is -2.29. The van der Waals surface area contributed by atoms with Gasteiger partial charge in [0.25, 0.3) is 0 Å². The van der Waals surface area contributed by atoms with Crippen LogP contribution in [0.25, 0.3) is 0 Å². The molecule has 0 bridgehead atoms. The molecule has 2 aromatic carbocycles. The maximum Gasteiger partial charge on any atom is 0.191 e. The molecular weight excluding hydrogens is 506 g/mol. The highest BCUT2D eigenvalue weighted by molar-refractivity contribution is 14.0. The number of aliphatic hydroxyl groups is 1. The lowest BCUT2D eigenvalue weighted by molar-refractivity contribution is 0.0792. The van der Waals surface area contributed by atoms with Crippen molar-refractivity contribution in [3.8, 4) is 0 Å². The van der Waals surface area contributed by atoms with Crippen molar-refractivity contribution >= 4 is 29.9 Å². The van der Waals surface area contributed by atoms with Gasteiger partial charge in [-0.1, -0.05) is 36.4 Å². The zero-order chi connectivity index (χ0) is 21.2. The first-order valence-electron chi connectivity index (χ1n) is 10.9. The van der Waals surface area contributed by atoms with Crippen LogP contribution in [0.4, 0.5) is 4.39 Å². The van der Waals surface area contributed by atoms with Gasteiger partial charge in [0.1, 0.15) is 5.82 Å². The Bertz CT molecular complexity index is 790. The van der Waals surface area contributed by atoms with E-state index in [4.69, 9.17) is 0 Å². The third-order valence-electron chi connectivity index (χ3n) is 5.37. The first-order chi connectivity index (χ1) is 14.6. The van der Waals surface area contributed by atoms with Crippen molar-refractivity contribution in [1.82, 2.24) is 15.5 Å². The number of aliphatic hydroxyl groups excluding tert-OH is 1. The van der Waals surface area contributed by atoms with Gasteiger partial charge in [-0.15, -0.1) is 24.0 Å². The Labute approximate surface area is 202 Å². The lowest BCUT2D eigenvalue weighted by atomic mass is 10.1. The number of nitrogens with zero attached hydrogens (tertiary/aromatic N) is 2. The van der Waals surface area contributed by atoms with E-state index in [1.807, 2.05) is 19.1 Å². The summed E-state index contributed by atoms with van der Waals surface area (Å²) in [6.45, 7) is 7.05. The Morgan fingerprint density at radius 3 is 2.26 bits per heavy atom. The molecule has 1 heterocycles. The second-order valence-corrected chi connectivity index (χ2v) is 7.82. The summed E-state index contributed by atoms with van der Waals surface area (Å²) in [5.74, 6) is 0.581. The topological polar surface area (TPSA) is 59.9 Å². The number of guanidine groups is 1. The number of rotatable bonds is 8. The molecule has 0 saturated carbocycles. The highest BCUT2D eigenvalue weighted by Crippen LogP contribution is 2.14. The second kappa shape index (κ2) is 13.6. The van der Waals surface area contributed by atoms with Crippen molar-refractivity contribution in [3.05, 3.63) is 71.0 Å². The van der Waals surface area contributed by atoms with E-state index in [9.17, 15) is 9.50 Å². The quantitative estimate of drug-likeness (QED) is 0.272. The van der Waals surface area contributed by atoms with Crippen LogP contribution in [0, 0.1) is 5.82 Å². The van der Waals surface area contributed by atoms with Crippen LogP contribution in [-0.4, -0.2) is 48.2 Å². The molecule has 0 amide bonds. The first kappa shape index (κ1) is 25.5. The zero-order valence-electron chi connectivity index (χ0n) is 18.2. The van der Waals surface area contributed by atoms with Crippen LogP contribution < -0.4 is 10.6 Å². The standard InChI is InChI=1S/C24H33FN4O.HI/c1-2-26-24(27-14-11-19-7-9-22(25)10-8-19)28-17-20-3-5-21(6-4-20)18-29-15-12-23(30)13-16-29;/h3-10,23,30H,2,11-18H2,1H3,(H2,26,27,28);1H. The van der Waals surface area contributed by atoms with Crippen LogP contribution in [-0.2, 0) is 19.5 Å². The minimum absolute atomic E-state index is 0. The fraction of sp³-hybridized carbons (Fsp3) is 0.458. The SMILES string of the molecule is CCNC(=NCc1ccc(CN2CCC(O)CC2)cc1)NCCc1ccc(F)cc1.I. The monoisotopic (exact) mass is 540 g/mol. The largest absolute Gasteiger partial charge is 0.393 e. The number of hydrogen-bond donors (Lipinski definition) is 3. The van der Waals surface area contributed by atoms with Gasteiger partial charge in [-0.2, -0.15) is 0 Å². The van der Waals surface area contributed by atoms with E-state index in [1.165, 1.54) is 23.3 Å². The van der Waals surface area contributed by atoms with Crippen molar-refractivity contribution in [1.29, 1.82) is 0 Å². The van der Waals surface area contributed by atoms with Gasteiger partial charge in [0.05, 0.1) is 12.6 Å². The number of hydrogen-bond acceptors (Lipinski definition) is 3. The van der Waals surface area contributed by atoms with Crippen molar-refractivity contribution in [3.63, 3.8) is 0 Å². The molecule has 0 atom stereocenters. The van der Waals surface area contributed by atoms with Gasteiger partial charge in [0, 0.05) is 32.7 Å². The fourth-order valence-corrected chi connectivity index (χ4v) is 3.57. The smallest absolute Gasteiger partial charge is 0.191 e. The minimum atomic E-state index is -0.206. The molecule has 170 valence electrons. The number of benzene rings is 2. The zero-order valence-corrected chi connectivity index (χ0v) is 20.5. The van der Waals surface area contributed by atoms with Crippen LogP contribution in [0.1, 0.15) is 36.5 Å². The second-order valence-electron chi connectivity index (χ2n) is 7.82. The van der Waals surface area contributed by atoms with Crippen LogP contribution in [0.2, 0.25) is 0 Å². The molecule has 2 aromatic rings. The predicted molar refractivity (Wildman–Crippen MR) is 135 cm³/mol. The Hall–Kier alpha value is -1.71. The van der Waals surface area contributed by atoms with E-state index < -0.39 is 0 Å². The van der Waals surface area contributed by atoms with Gasteiger partial charge < -0.3 is 15.7 Å². The highest BCUT2D eigenvalue weighted by Gasteiger charge is 2.16. The van der Waals surface area contributed by atoms with E-state index in [2.05, 4.69) is 44.8 Å². The molecule has 7 heteroatoms. The van der Waals surface area contributed by atoms with Gasteiger partial charge in [-0.3, -0.25) is 4.90 Å². The number of aliphatic imine (C=N–C) groups is 1. The van der Waals surface area contributed by atoms with E-state index in [0.717, 1.165) is 63.5 Å². The predicted octanol–water partition coefficient (Wildman–Crippen LogP) is 3.70. The van der Waals surface area contributed by atoms with Crippen LogP contribution >= 0.6 is 24.0 Å². The summed E-state index contributed by atoms with van der Waals surface area (Å²) in [5, 5.41) is 16.2. The molecule has 3 rings (SSSR count). The van der Waals surface area contributed by atoms with E-state index in [-0.39, 0.29) is 35.9 Å². The van der Waals surface area contributed by atoms with E-state index in [1.54, 1.807) is 0 Å². The lowest BCUT2D eigenvalue weighted by Crippen LogP contribution is -2.38. The summed E-state index contributed by atoms with van der Waals surface area (Å²) in [6.07, 6.45) is 2.42. The normalized spacial score (nSPS) is 15.4. The molecule has 3 N–H and O–H groups in total. The van der Waals surface area contributed by atoms with Crippen LogP contribution in [0.3, 0.4) is 0 Å². The number of nitrogens with one attached hydrogen (secondary N) is 2. The third kappa shape index (κ3) is 9.13. The van der Waals surface area contributed by atoms with Crippen molar-refractivity contribution < 1.29 is 9.50 Å². The summed E-state index contributed by atoms with van der Waals surface area (Å²) in [4.78, 5) is 7.08. The van der Waals surface area contributed by atoms with Gasteiger partial charge in [-0.25, -0.2) is 9.38 Å². The molecule has 1 saturated heterocycles. The Kier molecular flexibility index (Phi) is 11.2. The molecule has 0 radical (unpaired) electrons. The van der Waals surface area contributed by atoms with Gasteiger partial charge in [-0.05, 0) is 55.0 Å². The van der Waals surface area contributed by atoms with Crippen molar-refractivity contribution in [2.24, 2.45) is 4.99 Å². The number of halogens is 2. The third-order valence-corrected chi connectivity index (χ3v) is 5.37. The van der Waals surface area contributed by atoms with Gasteiger partial charge in [0.15, 0.2) is 5.96 Å². The highest BCUT2D eigenvalue weighted by atomic mass is 127.